The molecule has 32 heavy (non-hydrogen) atoms. The Labute approximate surface area is 190 Å². The van der Waals surface area contributed by atoms with Crippen molar-refractivity contribution in [3.05, 3.63) is 35.3 Å². The molecule has 10 heteroatoms. The predicted octanol–water partition coefficient (Wildman–Crippen LogP) is 2.97. The molecule has 3 atom stereocenters. The van der Waals surface area contributed by atoms with Gasteiger partial charge in [0.2, 0.25) is 5.91 Å². The minimum absolute atomic E-state index is 0.00253. The van der Waals surface area contributed by atoms with Crippen LogP contribution < -0.4 is 10.1 Å². The first-order valence-electron chi connectivity index (χ1n) is 10.9. The van der Waals surface area contributed by atoms with Crippen molar-refractivity contribution in [3.63, 3.8) is 0 Å². The summed E-state index contributed by atoms with van der Waals surface area (Å²) in [7, 11) is -3.49. The van der Waals surface area contributed by atoms with Gasteiger partial charge < -0.3 is 15.0 Å². The van der Waals surface area contributed by atoms with Crippen molar-refractivity contribution in [1.29, 1.82) is 0 Å². The van der Waals surface area contributed by atoms with Gasteiger partial charge in [-0.1, -0.05) is 6.92 Å². The van der Waals surface area contributed by atoms with Crippen molar-refractivity contribution in [1.82, 2.24) is 9.88 Å². The predicted molar refractivity (Wildman–Crippen MR) is 120 cm³/mol. The number of benzene rings is 1. The number of carbonyl (C=O) groups is 2. The minimum Gasteiger partial charge on any atom is -0.492 e. The first-order chi connectivity index (χ1) is 15.4. The second-order valence-corrected chi connectivity index (χ2v) is 11.8. The lowest BCUT2D eigenvalue weighted by Crippen LogP contribution is -2.45. The zero-order valence-corrected chi connectivity index (χ0v) is 19.3. The lowest BCUT2D eigenvalue weighted by Gasteiger charge is -2.27. The van der Waals surface area contributed by atoms with E-state index in [9.17, 15) is 18.0 Å². The Bertz CT molecular complexity index is 1140. The Kier molecular flexibility index (Phi) is 5.45. The van der Waals surface area contributed by atoms with Gasteiger partial charge in [0, 0.05) is 17.6 Å². The summed E-state index contributed by atoms with van der Waals surface area (Å²) in [6.07, 6.45) is 5.26. The number of sulfone groups is 1. The Morgan fingerprint density at radius 3 is 2.78 bits per heavy atom. The number of thiazole rings is 1. The molecule has 2 amide bonds. The Morgan fingerprint density at radius 1 is 1.28 bits per heavy atom. The summed E-state index contributed by atoms with van der Waals surface area (Å²) in [5.74, 6) is 0.473. The third kappa shape index (κ3) is 4.13. The number of amides is 2. The second-order valence-electron chi connectivity index (χ2n) is 8.67. The number of carbonyl (C=O) groups excluding carboxylic acids is 2. The second kappa shape index (κ2) is 8.15. The van der Waals surface area contributed by atoms with Crippen LogP contribution in [-0.2, 0) is 14.6 Å². The van der Waals surface area contributed by atoms with E-state index >= 15 is 0 Å². The van der Waals surface area contributed by atoms with Crippen LogP contribution in [0.4, 0.5) is 5.13 Å². The number of nitrogens with zero attached hydrogens (tertiary/aromatic N) is 2. The van der Waals surface area contributed by atoms with Gasteiger partial charge >= 0.3 is 0 Å². The van der Waals surface area contributed by atoms with Crippen molar-refractivity contribution in [2.24, 2.45) is 11.8 Å². The van der Waals surface area contributed by atoms with E-state index < -0.39 is 15.9 Å². The van der Waals surface area contributed by atoms with Crippen molar-refractivity contribution in [2.75, 3.05) is 17.7 Å². The topological polar surface area (TPSA) is 106 Å². The van der Waals surface area contributed by atoms with Crippen molar-refractivity contribution < 1.29 is 22.7 Å². The maximum Gasteiger partial charge on any atom is 0.258 e. The number of fused-ring (bicyclic) bond motifs is 1. The van der Waals surface area contributed by atoms with E-state index in [1.165, 1.54) is 23.5 Å². The van der Waals surface area contributed by atoms with Gasteiger partial charge in [-0.2, -0.15) is 0 Å². The molecule has 1 aliphatic heterocycles. The molecule has 1 aromatic carbocycles. The van der Waals surface area contributed by atoms with Crippen LogP contribution in [0.5, 0.6) is 5.75 Å². The standard InChI is InChI=1S/C22H25N3O5S2/c1-2-32(28,29)15-5-6-19(30-12-13-3-4-13)16(11-15)21(27)25-17-9-14(17)10-18(25)20(26)24-22-23-7-8-31-22/h5-8,11,13-14,17-18H,2-4,9-10,12H2,1H3,(H,23,24,26)/t14-,17+,18+/m1/s1. The molecule has 3 aliphatic rings. The molecule has 1 saturated heterocycles. The molecule has 0 spiro atoms. The van der Waals surface area contributed by atoms with E-state index in [2.05, 4.69) is 10.3 Å². The summed E-state index contributed by atoms with van der Waals surface area (Å²) in [6.45, 7) is 2.07. The fourth-order valence-electron chi connectivity index (χ4n) is 4.25. The number of hydrogen-bond donors (Lipinski definition) is 1. The summed E-state index contributed by atoms with van der Waals surface area (Å²) in [4.78, 5) is 32.5. The summed E-state index contributed by atoms with van der Waals surface area (Å²) in [5, 5.41) is 5.06. The number of hydrogen-bond acceptors (Lipinski definition) is 7. The van der Waals surface area contributed by atoms with Crippen LogP contribution in [0.2, 0.25) is 0 Å². The van der Waals surface area contributed by atoms with Gasteiger partial charge in [0.25, 0.3) is 5.91 Å². The average Bonchev–Trinajstić information content (AvgIpc) is 3.68. The zero-order valence-electron chi connectivity index (χ0n) is 17.7. The summed E-state index contributed by atoms with van der Waals surface area (Å²) in [6, 6.07) is 3.86. The van der Waals surface area contributed by atoms with E-state index in [0.29, 0.717) is 35.7 Å². The Hall–Kier alpha value is -2.46. The molecule has 0 bridgehead atoms. The van der Waals surface area contributed by atoms with Crippen LogP contribution in [0.15, 0.2) is 34.7 Å². The van der Waals surface area contributed by atoms with Gasteiger partial charge in [-0.05, 0) is 55.7 Å². The molecule has 8 nitrogen and oxygen atoms in total. The molecule has 2 aliphatic carbocycles. The van der Waals surface area contributed by atoms with Crippen molar-refractivity contribution >= 4 is 38.1 Å². The van der Waals surface area contributed by atoms with Crippen LogP contribution >= 0.6 is 11.3 Å². The normalized spacial score (nSPS) is 24.2. The highest BCUT2D eigenvalue weighted by Crippen LogP contribution is 2.49. The molecule has 170 valence electrons. The number of aromatic nitrogens is 1. The summed E-state index contributed by atoms with van der Waals surface area (Å²) < 4.78 is 30.9. The number of piperidine rings is 1. The highest BCUT2D eigenvalue weighted by atomic mass is 32.2. The monoisotopic (exact) mass is 475 g/mol. The molecular weight excluding hydrogens is 450 g/mol. The minimum atomic E-state index is -3.49. The van der Waals surface area contributed by atoms with Crippen LogP contribution in [0.25, 0.3) is 0 Å². The van der Waals surface area contributed by atoms with E-state index in [4.69, 9.17) is 4.74 Å². The number of ether oxygens (including phenoxy) is 1. The van der Waals surface area contributed by atoms with Crippen LogP contribution in [0.1, 0.15) is 43.0 Å². The molecular formula is C22H25N3O5S2. The third-order valence-corrected chi connectivity index (χ3v) is 8.82. The molecule has 0 unspecified atom stereocenters. The number of nitrogens with one attached hydrogen (secondary N) is 1. The van der Waals surface area contributed by atoms with Crippen molar-refractivity contribution in [2.45, 2.75) is 49.6 Å². The van der Waals surface area contributed by atoms with Crippen LogP contribution in [0.3, 0.4) is 0 Å². The molecule has 0 radical (unpaired) electrons. The molecule has 1 aromatic heterocycles. The lowest BCUT2D eigenvalue weighted by molar-refractivity contribution is -0.120. The maximum atomic E-state index is 13.7. The van der Waals surface area contributed by atoms with Crippen molar-refractivity contribution in [3.8, 4) is 5.75 Å². The first kappa shape index (κ1) is 21.4. The quantitative estimate of drug-likeness (QED) is 0.629. The lowest BCUT2D eigenvalue weighted by atomic mass is 10.1. The smallest absolute Gasteiger partial charge is 0.258 e. The SMILES string of the molecule is CCS(=O)(=O)c1ccc(OCC2CC2)c(C(=O)N2[C@H](C(=O)Nc3nccs3)C[C@H]3C[C@@H]32)c1. The third-order valence-electron chi connectivity index (χ3n) is 6.40. The highest BCUT2D eigenvalue weighted by Gasteiger charge is 2.56. The fraction of sp³-hybridized carbons (Fsp3) is 0.500. The van der Waals surface area contributed by atoms with E-state index in [-0.39, 0.29) is 34.1 Å². The van der Waals surface area contributed by atoms with Crippen LogP contribution in [0, 0.1) is 11.8 Å². The molecule has 2 aromatic rings. The van der Waals surface area contributed by atoms with E-state index in [1.807, 2.05) is 0 Å². The molecule has 2 heterocycles. The fourth-order valence-corrected chi connectivity index (χ4v) is 5.69. The average molecular weight is 476 g/mol. The molecule has 2 saturated carbocycles. The van der Waals surface area contributed by atoms with E-state index in [1.54, 1.807) is 29.5 Å². The van der Waals surface area contributed by atoms with Gasteiger partial charge in [0.15, 0.2) is 15.0 Å². The molecule has 5 rings (SSSR count). The van der Waals surface area contributed by atoms with E-state index in [0.717, 1.165) is 19.3 Å². The van der Waals surface area contributed by atoms with Gasteiger partial charge in [-0.25, -0.2) is 13.4 Å². The van der Waals surface area contributed by atoms with Gasteiger partial charge in [-0.15, -0.1) is 11.3 Å². The Morgan fingerprint density at radius 2 is 2.09 bits per heavy atom. The van der Waals surface area contributed by atoms with Gasteiger partial charge in [0.05, 0.1) is 22.8 Å². The number of anilines is 1. The Balaban J connectivity index is 1.45. The molecule has 1 N–H and O–H groups in total. The highest BCUT2D eigenvalue weighted by molar-refractivity contribution is 7.91. The van der Waals surface area contributed by atoms with Crippen LogP contribution in [-0.4, -0.2) is 54.6 Å². The number of rotatable bonds is 8. The number of likely N-dealkylation sites (tertiary alicyclic amines) is 1. The van der Waals surface area contributed by atoms with Gasteiger partial charge in [0.1, 0.15) is 11.8 Å². The summed E-state index contributed by atoms with van der Waals surface area (Å²) >= 11 is 1.32. The summed E-state index contributed by atoms with van der Waals surface area (Å²) in [5.41, 5.74) is 0.208. The zero-order chi connectivity index (χ0) is 22.5. The van der Waals surface area contributed by atoms with Gasteiger partial charge in [-0.3, -0.25) is 9.59 Å². The largest absolute Gasteiger partial charge is 0.492 e. The maximum absolute atomic E-state index is 13.7. The molecule has 3 fully saturated rings. The first-order valence-corrected chi connectivity index (χ1v) is 13.4.